The number of hydrazine groups is 1. The lowest BCUT2D eigenvalue weighted by molar-refractivity contribution is -0.318. The van der Waals surface area contributed by atoms with Gasteiger partial charge in [-0.3, -0.25) is 10.7 Å². The monoisotopic (exact) mass is 425 g/mol. The normalized spacial score (nSPS) is 30.9. The van der Waals surface area contributed by atoms with Crippen molar-refractivity contribution in [2.24, 2.45) is 5.84 Å². The molecule has 0 aliphatic carbocycles. The number of hydrogen-bond acceptors (Lipinski definition) is 7. The largest absolute Gasteiger partial charge is 0.291 e. The van der Waals surface area contributed by atoms with Crippen LogP contribution in [0.15, 0.2) is 29.2 Å². The summed E-state index contributed by atoms with van der Waals surface area (Å²) < 4.78 is 27.1. The van der Waals surface area contributed by atoms with Crippen LogP contribution in [-0.4, -0.2) is 66.7 Å². The van der Waals surface area contributed by atoms with E-state index in [1.807, 2.05) is 0 Å². The summed E-state index contributed by atoms with van der Waals surface area (Å²) in [6.07, 6.45) is 2.82. The summed E-state index contributed by atoms with van der Waals surface area (Å²) in [6, 6.07) is 8.74. The summed E-state index contributed by atoms with van der Waals surface area (Å²) in [5.41, 5.74) is -0.545. The van der Waals surface area contributed by atoms with Crippen molar-refractivity contribution < 1.29 is 13.3 Å². The molecule has 4 aliphatic rings. The maximum atomic E-state index is 12.8. The van der Waals surface area contributed by atoms with Gasteiger partial charge in [0.15, 0.2) is 5.54 Å². The highest BCUT2D eigenvalue weighted by molar-refractivity contribution is 7.89. The molecule has 0 saturated carbocycles. The fourth-order valence-corrected chi connectivity index (χ4v) is 5.94. The second-order valence-corrected chi connectivity index (χ2v) is 9.97. The van der Waals surface area contributed by atoms with Crippen LogP contribution in [0, 0.1) is 11.3 Å². The van der Waals surface area contributed by atoms with E-state index in [9.17, 15) is 13.7 Å². The Balaban J connectivity index is 1.31. The minimum absolute atomic E-state index is 0.0164. The molecule has 3 unspecified atom stereocenters. The van der Waals surface area contributed by atoms with Gasteiger partial charge in [-0.15, -0.1) is 0 Å². The first-order valence-electron chi connectivity index (χ1n) is 9.49. The molecule has 3 atom stereocenters. The van der Waals surface area contributed by atoms with Gasteiger partial charge in [-0.25, -0.2) is 13.4 Å². The van der Waals surface area contributed by atoms with Crippen LogP contribution in [0.1, 0.15) is 25.7 Å². The Labute approximate surface area is 170 Å². The van der Waals surface area contributed by atoms with Gasteiger partial charge in [-0.05, 0) is 49.9 Å². The highest BCUT2D eigenvalue weighted by Gasteiger charge is 2.60. The zero-order valence-corrected chi connectivity index (χ0v) is 17.1. The minimum Gasteiger partial charge on any atom is -0.291 e. The van der Waals surface area contributed by atoms with E-state index in [2.05, 4.69) is 6.07 Å². The zero-order valence-electron chi connectivity index (χ0n) is 15.5. The summed E-state index contributed by atoms with van der Waals surface area (Å²) in [7, 11) is -3.52. The second-order valence-electron chi connectivity index (χ2n) is 7.60. The number of rotatable bonds is 6. The molecule has 4 fully saturated rings. The molecule has 0 spiro atoms. The molecule has 2 bridgehead atoms. The maximum Gasteiger partial charge on any atom is 0.243 e. The first kappa shape index (κ1) is 20.0. The minimum atomic E-state index is -3.52. The third-order valence-electron chi connectivity index (χ3n) is 6.12. The molecule has 0 amide bonds. The molecule has 2 N–H and O–H groups in total. The van der Waals surface area contributed by atoms with Crippen molar-refractivity contribution in [1.82, 2.24) is 14.4 Å². The smallest absolute Gasteiger partial charge is 0.243 e. The number of benzene rings is 1. The van der Waals surface area contributed by atoms with Gasteiger partial charge >= 0.3 is 0 Å². The zero-order chi connectivity index (χ0) is 19.9. The first-order valence-corrected chi connectivity index (χ1v) is 11.3. The summed E-state index contributed by atoms with van der Waals surface area (Å²) in [5, 5.41) is 13.6. The number of hydroxylamine groups is 2. The van der Waals surface area contributed by atoms with Crippen LogP contribution in [-0.2, 0) is 14.9 Å². The topological polar surface area (TPSA) is 103 Å². The van der Waals surface area contributed by atoms with E-state index in [1.54, 1.807) is 22.2 Å². The Morgan fingerprint density at radius 2 is 1.93 bits per heavy atom. The summed E-state index contributed by atoms with van der Waals surface area (Å²) in [4.78, 5) is 5.76. The molecular formula is C18H24ClN5O3S. The average Bonchev–Trinajstić information content (AvgIpc) is 3.33. The van der Waals surface area contributed by atoms with Gasteiger partial charge in [-0.1, -0.05) is 11.6 Å². The van der Waals surface area contributed by atoms with Crippen LogP contribution in [0.25, 0.3) is 0 Å². The Bertz CT molecular complexity index is 850. The van der Waals surface area contributed by atoms with E-state index in [0.717, 1.165) is 13.0 Å². The van der Waals surface area contributed by atoms with Gasteiger partial charge in [0.2, 0.25) is 10.0 Å². The van der Waals surface area contributed by atoms with Gasteiger partial charge in [0.25, 0.3) is 0 Å². The molecular weight excluding hydrogens is 402 g/mol. The number of nitrogens with two attached hydrogens (primary N) is 1. The Morgan fingerprint density at radius 3 is 2.46 bits per heavy atom. The van der Waals surface area contributed by atoms with E-state index in [4.69, 9.17) is 22.3 Å². The van der Waals surface area contributed by atoms with E-state index in [0.29, 0.717) is 43.9 Å². The van der Waals surface area contributed by atoms with Gasteiger partial charge in [0.05, 0.1) is 11.0 Å². The van der Waals surface area contributed by atoms with Gasteiger partial charge < -0.3 is 0 Å². The molecule has 152 valence electrons. The Morgan fingerprint density at radius 1 is 1.25 bits per heavy atom. The number of halogens is 1. The van der Waals surface area contributed by atoms with Crippen molar-refractivity contribution in [3.63, 3.8) is 0 Å². The van der Waals surface area contributed by atoms with Crippen LogP contribution >= 0.6 is 11.6 Å². The number of nitrogens with zero attached hydrogens (tertiary/aromatic N) is 4. The van der Waals surface area contributed by atoms with Gasteiger partial charge in [0, 0.05) is 37.2 Å². The number of sulfonamides is 1. The number of nitriles is 1. The summed E-state index contributed by atoms with van der Waals surface area (Å²) in [5.74, 6) is 6.26. The van der Waals surface area contributed by atoms with Crippen molar-refractivity contribution in [3.8, 4) is 6.07 Å². The second kappa shape index (κ2) is 7.54. The van der Waals surface area contributed by atoms with E-state index in [1.165, 1.54) is 16.4 Å². The third-order valence-corrected chi connectivity index (χ3v) is 8.28. The van der Waals surface area contributed by atoms with E-state index in [-0.39, 0.29) is 17.0 Å². The molecule has 0 aromatic heterocycles. The van der Waals surface area contributed by atoms with Crippen LogP contribution in [0.4, 0.5) is 0 Å². The molecule has 5 rings (SSSR count). The van der Waals surface area contributed by atoms with Crippen LogP contribution in [0.2, 0.25) is 5.02 Å². The van der Waals surface area contributed by atoms with Crippen LogP contribution < -0.4 is 5.84 Å². The Hall–Kier alpha value is -1.25. The lowest BCUT2D eigenvalue weighted by atomic mass is 9.89. The van der Waals surface area contributed by atoms with Crippen LogP contribution in [0.3, 0.4) is 0 Å². The lowest BCUT2D eigenvalue weighted by Gasteiger charge is -2.46. The lowest BCUT2D eigenvalue weighted by Crippen LogP contribution is -2.63. The van der Waals surface area contributed by atoms with Crippen molar-refractivity contribution in [1.29, 1.82) is 5.26 Å². The fourth-order valence-electron chi connectivity index (χ4n) is 4.35. The summed E-state index contributed by atoms with van der Waals surface area (Å²) >= 11 is 5.85. The molecule has 4 saturated heterocycles. The maximum absolute atomic E-state index is 12.8. The molecule has 1 aromatic rings. The van der Waals surface area contributed by atoms with E-state index < -0.39 is 15.6 Å². The highest BCUT2D eigenvalue weighted by Crippen LogP contribution is 2.44. The Kier molecular flexibility index (Phi) is 5.39. The quantitative estimate of drug-likeness (QED) is 0.541. The number of piperidine rings is 1. The molecule has 8 nitrogen and oxygen atoms in total. The number of fused-ring (bicyclic) bond motifs is 1. The molecule has 4 heterocycles. The molecule has 1 aromatic carbocycles. The van der Waals surface area contributed by atoms with Gasteiger partial charge in [-0.2, -0.15) is 14.6 Å². The van der Waals surface area contributed by atoms with Crippen molar-refractivity contribution in [2.45, 2.75) is 48.3 Å². The predicted octanol–water partition coefficient (Wildman–Crippen LogP) is 1.34. The third kappa shape index (κ3) is 3.33. The average molecular weight is 426 g/mol. The number of hydrogen-bond donors (Lipinski definition) is 1. The summed E-state index contributed by atoms with van der Waals surface area (Å²) in [6.45, 7) is 2.22. The molecule has 10 heteroatoms. The predicted molar refractivity (Wildman–Crippen MR) is 103 cm³/mol. The SMILES string of the molecule is N#CC1(CCN(N)C2CCN(S(=O)(=O)c3ccc(Cl)cc3)CC2)C2CCN1O2. The van der Waals surface area contributed by atoms with Crippen molar-refractivity contribution >= 4 is 21.6 Å². The fraction of sp³-hybridized carbons (Fsp3) is 0.611. The van der Waals surface area contributed by atoms with Gasteiger partial charge in [0.1, 0.15) is 6.10 Å². The first-order chi connectivity index (χ1) is 13.4. The molecule has 0 radical (unpaired) electrons. The van der Waals surface area contributed by atoms with Crippen LogP contribution in [0.5, 0.6) is 0 Å². The molecule has 28 heavy (non-hydrogen) atoms. The van der Waals surface area contributed by atoms with Crippen molar-refractivity contribution in [3.05, 3.63) is 29.3 Å². The standard InChI is InChI=1S/C18H24ClN5O3S/c19-14-1-3-16(4-2-14)28(25,26)22-9-5-15(6-10-22)23(21)12-8-18(13-20)17-7-11-24(18)27-17/h1-4,15,17H,5-12,21H2. The highest BCUT2D eigenvalue weighted by atomic mass is 35.5. The van der Waals surface area contributed by atoms with Crippen molar-refractivity contribution in [2.75, 3.05) is 26.2 Å². The van der Waals surface area contributed by atoms with E-state index >= 15 is 0 Å². The molecule has 4 aliphatic heterocycles.